The summed E-state index contributed by atoms with van der Waals surface area (Å²) in [5.41, 5.74) is 3.38. The molecule has 0 spiro atoms. The molecule has 0 radical (unpaired) electrons. The van der Waals surface area contributed by atoms with E-state index in [9.17, 15) is 8.42 Å². The van der Waals surface area contributed by atoms with Gasteiger partial charge in [-0.15, -0.1) is 12.4 Å². The molecule has 25 heavy (non-hydrogen) atoms. The van der Waals surface area contributed by atoms with Crippen molar-refractivity contribution in [3.05, 3.63) is 59.2 Å². The van der Waals surface area contributed by atoms with Crippen LogP contribution in [0.4, 0.5) is 0 Å². The summed E-state index contributed by atoms with van der Waals surface area (Å²) in [7, 11) is -0.650. The number of nitrogens with one attached hydrogen (secondary N) is 2. The van der Waals surface area contributed by atoms with Crippen LogP contribution in [0, 0.1) is 0 Å². The first-order chi connectivity index (χ1) is 11.6. The maximum atomic E-state index is 12.3. The third-order valence-corrected chi connectivity index (χ3v) is 5.92. The van der Waals surface area contributed by atoms with Gasteiger partial charge in [-0.3, -0.25) is 0 Å². The zero-order valence-corrected chi connectivity index (χ0v) is 15.9. The minimum absolute atomic E-state index is 0. The van der Waals surface area contributed by atoms with Gasteiger partial charge in [-0.1, -0.05) is 30.3 Å². The lowest BCUT2D eigenvalue weighted by Crippen LogP contribution is -2.21. The molecule has 136 valence electrons. The number of benzene rings is 2. The molecule has 2 N–H and O–H groups in total. The van der Waals surface area contributed by atoms with E-state index in [0.29, 0.717) is 5.75 Å². The summed E-state index contributed by atoms with van der Waals surface area (Å²) in [6.07, 6.45) is 0.787. The Kier molecular flexibility index (Phi) is 6.46. The van der Waals surface area contributed by atoms with Gasteiger partial charge in [-0.05, 0) is 48.8 Å². The van der Waals surface area contributed by atoms with Crippen LogP contribution in [0.2, 0.25) is 0 Å². The first-order valence-corrected chi connectivity index (χ1v) is 9.45. The van der Waals surface area contributed by atoms with Gasteiger partial charge in [0.25, 0.3) is 0 Å². The molecule has 0 aromatic heterocycles. The molecular weight excluding hydrogens is 360 g/mol. The van der Waals surface area contributed by atoms with Crippen LogP contribution >= 0.6 is 12.4 Å². The van der Waals surface area contributed by atoms with Crippen LogP contribution in [-0.4, -0.2) is 35.7 Å². The van der Waals surface area contributed by atoms with Crippen molar-refractivity contribution in [2.24, 2.45) is 0 Å². The molecule has 0 fully saturated rings. The fourth-order valence-electron chi connectivity index (χ4n) is 3.20. The zero-order chi connectivity index (χ0) is 17.2. The van der Waals surface area contributed by atoms with E-state index in [1.165, 1.54) is 19.7 Å². The second-order valence-corrected chi connectivity index (χ2v) is 7.68. The van der Waals surface area contributed by atoms with Crippen molar-refractivity contribution in [2.75, 3.05) is 27.2 Å². The fourth-order valence-corrected chi connectivity index (χ4v) is 4.12. The van der Waals surface area contributed by atoms with Crippen LogP contribution in [-0.2, 0) is 16.4 Å². The Morgan fingerprint density at radius 1 is 1.20 bits per heavy atom. The van der Waals surface area contributed by atoms with Gasteiger partial charge in [-0.2, -0.15) is 0 Å². The quantitative estimate of drug-likeness (QED) is 0.851. The molecule has 3 rings (SSSR count). The van der Waals surface area contributed by atoms with Crippen LogP contribution in [0.1, 0.15) is 22.6 Å². The standard InChI is InChI=1S/C18H22N2O3S.ClH/c1-19-24(21,22)18-10-14-8-9-20-12-16(13-6-4-3-5-7-13)15(14)11-17(18)23-2;/h3-7,10-11,16,19-20H,8-9,12H2,1-2H3;1H. The minimum Gasteiger partial charge on any atom is -0.495 e. The largest absolute Gasteiger partial charge is 0.495 e. The monoisotopic (exact) mass is 382 g/mol. The molecule has 7 heteroatoms. The highest BCUT2D eigenvalue weighted by Gasteiger charge is 2.26. The summed E-state index contributed by atoms with van der Waals surface area (Å²) >= 11 is 0. The summed E-state index contributed by atoms with van der Waals surface area (Å²) in [5, 5.41) is 3.45. The predicted octanol–water partition coefficient (Wildman–Crippen LogP) is 2.30. The van der Waals surface area contributed by atoms with Gasteiger partial charge in [0.2, 0.25) is 10.0 Å². The second-order valence-electron chi connectivity index (χ2n) is 5.83. The maximum Gasteiger partial charge on any atom is 0.244 e. The average Bonchev–Trinajstić information content (AvgIpc) is 2.83. The van der Waals surface area contributed by atoms with E-state index in [-0.39, 0.29) is 23.2 Å². The van der Waals surface area contributed by atoms with Crippen molar-refractivity contribution in [3.8, 4) is 5.75 Å². The third kappa shape index (κ3) is 3.98. The Balaban J connectivity index is 0.00000225. The Labute approximate surface area is 155 Å². The van der Waals surface area contributed by atoms with Gasteiger partial charge in [0.15, 0.2) is 0 Å². The van der Waals surface area contributed by atoms with Gasteiger partial charge >= 0.3 is 0 Å². The highest BCUT2D eigenvalue weighted by Crippen LogP contribution is 2.35. The summed E-state index contributed by atoms with van der Waals surface area (Å²) in [5.74, 6) is 0.551. The van der Waals surface area contributed by atoms with Crippen molar-refractivity contribution in [1.29, 1.82) is 0 Å². The van der Waals surface area contributed by atoms with Crippen molar-refractivity contribution in [1.82, 2.24) is 10.0 Å². The van der Waals surface area contributed by atoms with Crippen molar-refractivity contribution in [3.63, 3.8) is 0 Å². The molecule has 0 saturated carbocycles. The van der Waals surface area contributed by atoms with Gasteiger partial charge in [-0.25, -0.2) is 13.1 Å². The maximum absolute atomic E-state index is 12.3. The number of hydrogen-bond donors (Lipinski definition) is 2. The normalized spacial score (nSPS) is 17.1. The highest BCUT2D eigenvalue weighted by atomic mass is 35.5. The Hall–Kier alpha value is -1.60. The zero-order valence-electron chi connectivity index (χ0n) is 14.3. The van der Waals surface area contributed by atoms with Crippen LogP contribution < -0.4 is 14.8 Å². The molecule has 1 heterocycles. The topological polar surface area (TPSA) is 67.4 Å². The van der Waals surface area contributed by atoms with Gasteiger partial charge in [0.05, 0.1) is 7.11 Å². The third-order valence-electron chi connectivity index (χ3n) is 4.48. The SMILES string of the molecule is CNS(=O)(=O)c1cc2c(cc1OC)C(c1ccccc1)CNCC2.Cl. The smallest absolute Gasteiger partial charge is 0.244 e. The predicted molar refractivity (Wildman–Crippen MR) is 101 cm³/mol. The lowest BCUT2D eigenvalue weighted by Gasteiger charge is -2.20. The first kappa shape index (κ1) is 19.7. The number of methoxy groups -OCH3 is 1. The Morgan fingerprint density at radius 2 is 1.92 bits per heavy atom. The van der Waals surface area contributed by atoms with Gasteiger partial charge in [0.1, 0.15) is 10.6 Å². The van der Waals surface area contributed by atoms with E-state index in [2.05, 4.69) is 22.2 Å². The van der Waals surface area contributed by atoms with E-state index in [1.54, 1.807) is 6.07 Å². The average molecular weight is 383 g/mol. The van der Waals surface area contributed by atoms with Crippen LogP contribution in [0.15, 0.2) is 47.4 Å². The van der Waals surface area contributed by atoms with Crippen LogP contribution in [0.5, 0.6) is 5.75 Å². The summed E-state index contributed by atoms with van der Waals surface area (Å²) < 4.78 is 32.4. The lowest BCUT2D eigenvalue weighted by molar-refractivity contribution is 0.401. The molecule has 0 saturated heterocycles. The van der Waals surface area contributed by atoms with Crippen LogP contribution in [0.25, 0.3) is 0 Å². The Bertz CT molecular complexity index is 826. The summed E-state index contributed by atoms with van der Waals surface area (Å²) in [6, 6.07) is 13.9. The fraction of sp³-hybridized carbons (Fsp3) is 0.333. The number of rotatable bonds is 4. The number of sulfonamides is 1. The van der Waals surface area contributed by atoms with E-state index in [0.717, 1.165) is 30.6 Å². The van der Waals surface area contributed by atoms with Crippen LogP contribution in [0.3, 0.4) is 0 Å². The number of ether oxygens (including phenoxy) is 1. The van der Waals surface area contributed by atoms with Crippen molar-refractivity contribution in [2.45, 2.75) is 17.2 Å². The number of halogens is 1. The molecule has 2 aromatic rings. The van der Waals surface area contributed by atoms with Crippen molar-refractivity contribution < 1.29 is 13.2 Å². The number of hydrogen-bond acceptors (Lipinski definition) is 4. The number of fused-ring (bicyclic) bond motifs is 1. The summed E-state index contributed by atoms with van der Waals surface area (Å²) in [6.45, 7) is 1.64. The molecule has 0 amide bonds. The van der Waals surface area contributed by atoms with E-state index in [1.807, 2.05) is 24.3 Å². The molecule has 0 bridgehead atoms. The molecule has 2 aromatic carbocycles. The molecule has 1 atom stereocenters. The lowest BCUT2D eigenvalue weighted by atomic mass is 9.88. The Morgan fingerprint density at radius 3 is 2.56 bits per heavy atom. The first-order valence-electron chi connectivity index (χ1n) is 7.97. The molecule has 1 aliphatic rings. The van der Waals surface area contributed by atoms with Crippen molar-refractivity contribution >= 4 is 22.4 Å². The second kappa shape index (κ2) is 8.19. The molecule has 5 nitrogen and oxygen atoms in total. The van der Waals surface area contributed by atoms with Gasteiger partial charge < -0.3 is 10.1 Å². The van der Waals surface area contributed by atoms with Gasteiger partial charge in [0, 0.05) is 12.5 Å². The molecule has 1 unspecified atom stereocenters. The van der Waals surface area contributed by atoms with E-state index in [4.69, 9.17) is 4.74 Å². The minimum atomic E-state index is -3.56. The molecule has 1 aliphatic heterocycles. The summed E-state index contributed by atoms with van der Waals surface area (Å²) in [4.78, 5) is 0.194. The molecular formula is C18H23ClN2O3S. The molecule has 0 aliphatic carbocycles. The van der Waals surface area contributed by atoms with E-state index < -0.39 is 10.0 Å². The van der Waals surface area contributed by atoms with E-state index >= 15 is 0 Å². The highest BCUT2D eigenvalue weighted by molar-refractivity contribution is 7.89.